The zero-order chi connectivity index (χ0) is 17.0. The van der Waals surface area contributed by atoms with Gasteiger partial charge in [0.15, 0.2) is 5.17 Å². The Balaban J connectivity index is 1.97. The lowest BCUT2D eigenvalue weighted by Gasteiger charge is -2.10. The number of hydrogen-bond acceptors (Lipinski definition) is 4. The average molecular weight is 333 g/mol. The second-order valence-electron chi connectivity index (χ2n) is 5.86. The first kappa shape index (κ1) is 17.5. The van der Waals surface area contributed by atoms with Crippen LogP contribution in [0.3, 0.4) is 0 Å². The van der Waals surface area contributed by atoms with Gasteiger partial charge >= 0.3 is 0 Å². The third-order valence-corrected chi connectivity index (χ3v) is 4.84. The van der Waals surface area contributed by atoms with E-state index in [-0.39, 0.29) is 24.3 Å². The molecule has 2 N–H and O–H groups in total. The number of carbonyl (C=O) groups is 2. The van der Waals surface area contributed by atoms with E-state index >= 15 is 0 Å². The Morgan fingerprint density at radius 1 is 1.43 bits per heavy atom. The molecule has 0 aliphatic carbocycles. The highest BCUT2D eigenvalue weighted by atomic mass is 32.2. The lowest BCUT2D eigenvalue weighted by molar-refractivity contribution is -0.122. The van der Waals surface area contributed by atoms with Crippen molar-refractivity contribution in [1.82, 2.24) is 5.32 Å². The fraction of sp³-hybridized carbons (Fsp3) is 0.471. The lowest BCUT2D eigenvalue weighted by atomic mass is 10.1. The molecule has 2 atom stereocenters. The van der Waals surface area contributed by atoms with Gasteiger partial charge in [0, 0.05) is 18.2 Å². The first-order chi connectivity index (χ1) is 10.9. The van der Waals surface area contributed by atoms with Crippen LogP contribution in [0, 0.1) is 13.8 Å². The first-order valence-electron chi connectivity index (χ1n) is 7.81. The number of aliphatic imine (C=N–C) groups is 1. The number of amides is 2. The summed E-state index contributed by atoms with van der Waals surface area (Å²) in [4.78, 5) is 28.6. The molecule has 5 nitrogen and oxygen atoms in total. The summed E-state index contributed by atoms with van der Waals surface area (Å²) < 4.78 is 0. The standard InChI is InChI=1S/C17H23N3O2S/c1-5-12(4)18-17-20-16(22)14(23-17)9-15(21)19-13-8-10(2)6-7-11(13)3/h6-8,12,14H,5,9H2,1-4H3,(H,19,21)(H,18,20,22). The Labute approximate surface area is 141 Å². The predicted octanol–water partition coefficient (Wildman–Crippen LogP) is 3.02. The van der Waals surface area contributed by atoms with Gasteiger partial charge in [-0.15, -0.1) is 0 Å². The van der Waals surface area contributed by atoms with Gasteiger partial charge in [-0.25, -0.2) is 0 Å². The second kappa shape index (κ2) is 7.64. The van der Waals surface area contributed by atoms with Crippen molar-refractivity contribution in [1.29, 1.82) is 0 Å². The zero-order valence-corrected chi connectivity index (χ0v) is 14.8. The third kappa shape index (κ3) is 4.82. The molecule has 2 amide bonds. The number of thioether (sulfide) groups is 1. The summed E-state index contributed by atoms with van der Waals surface area (Å²) in [5.74, 6) is -0.302. The summed E-state index contributed by atoms with van der Waals surface area (Å²) in [7, 11) is 0. The lowest BCUT2D eigenvalue weighted by Crippen LogP contribution is -2.28. The van der Waals surface area contributed by atoms with E-state index in [0.717, 1.165) is 23.2 Å². The number of benzene rings is 1. The molecule has 2 unspecified atom stereocenters. The van der Waals surface area contributed by atoms with Crippen molar-refractivity contribution in [3.8, 4) is 0 Å². The maximum absolute atomic E-state index is 12.2. The molecular weight excluding hydrogens is 310 g/mol. The van der Waals surface area contributed by atoms with E-state index in [1.807, 2.05) is 45.9 Å². The number of rotatable bonds is 5. The van der Waals surface area contributed by atoms with Gasteiger partial charge < -0.3 is 10.6 Å². The van der Waals surface area contributed by atoms with E-state index < -0.39 is 5.25 Å². The minimum atomic E-state index is -0.414. The molecule has 23 heavy (non-hydrogen) atoms. The molecule has 0 bridgehead atoms. The molecule has 0 spiro atoms. The molecule has 1 aliphatic heterocycles. The van der Waals surface area contributed by atoms with Crippen LogP contribution < -0.4 is 10.6 Å². The monoisotopic (exact) mass is 333 g/mol. The van der Waals surface area contributed by atoms with Gasteiger partial charge in [-0.1, -0.05) is 30.8 Å². The van der Waals surface area contributed by atoms with Crippen LogP contribution in [0.4, 0.5) is 5.69 Å². The molecule has 1 aromatic carbocycles. The number of aryl methyl sites for hydroxylation is 2. The van der Waals surface area contributed by atoms with Gasteiger partial charge in [0.2, 0.25) is 11.8 Å². The molecule has 1 heterocycles. The summed E-state index contributed by atoms with van der Waals surface area (Å²) in [6.07, 6.45) is 1.06. The number of nitrogens with zero attached hydrogens (tertiary/aromatic N) is 1. The van der Waals surface area contributed by atoms with E-state index in [1.165, 1.54) is 11.8 Å². The minimum absolute atomic E-state index is 0.142. The highest BCUT2D eigenvalue weighted by molar-refractivity contribution is 8.15. The Morgan fingerprint density at radius 2 is 2.17 bits per heavy atom. The quantitative estimate of drug-likeness (QED) is 0.870. The van der Waals surface area contributed by atoms with Crippen LogP contribution in [-0.4, -0.2) is 28.3 Å². The molecule has 1 saturated heterocycles. The summed E-state index contributed by atoms with van der Waals surface area (Å²) in [6, 6.07) is 6.08. The van der Waals surface area contributed by atoms with E-state index in [9.17, 15) is 9.59 Å². The maximum atomic E-state index is 12.2. The van der Waals surface area contributed by atoms with Crippen LogP contribution in [0.25, 0.3) is 0 Å². The molecule has 0 radical (unpaired) electrons. The van der Waals surface area contributed by atoms with Gasteiger partial charge in [-0.2, -0.15) is 0 Å². The fourth-order valence-corrected chi connectivity index (χ4v) is 3.20. The zero-order valence-electron chi connectivity index (χ0n) is 14.0. The van der Waals surface area contributed by atoms with Crippen LogP contribution >= 0.6 is 11.8 Å². The van der Waals surface area contributed by atoms with Crippen molar-refractivity contribution in [2.75, 3.05) is 5.32 Å². The first-order valence-corrected chi connectivity index (χ1v) is 8.69. The Kier molecular flexibility index (Phi) is 5.82. The Hall–Kier alpha value is -1.82. The molecule has 2 rings (SSSR count). The minimum Gasteiger partial charge on any atom is -0.326 e. The number of amidine groups is 1. The predicted molar refractivity (Wildman–Crippen MR) is 95.9 cm³/mol. The maximum Gasteiger partial charge on any atom is 0.240 e. The van der Waals surface area contributed by atoms with E-state index in [2.05, 4.69) is 15.6 Å². The normalized spacial score (nSPS) is 20.4. The SMILES string of the molecule is CCC(C)N=C1NC(=O)C(CC(=O)Nc2cc(C)ccc2C)S1. The Bertz CT molecular complexity index is 643. The van der Waals surface area contributed by atoms with Crippen molar-refractivity contribution in [3.05, 3.63) is 29.3 Å². The smallest absolute Gasteiger partial charge is 0.240 e. The molecule has 0 aromatic heterocycles. The molecule has 1 aromatic rings. The summed E-state index contributed by atoms with van der Waals surface area (Å²) in [5, 5.41) is 5.85. The average Bonchev–Trinajstić information content (AvgIpc) is 2.82. The largest absolute Gasteiger partial charge is 0.326 e. The van der Waals surface area contributed by atoms with Crippen molar-refractivity contribution < 1.29 is 9.59 Å². The molecule has 1 fully saturated rings. The topological polar surface area (TPSA) is 70.6 Å². The van der Waals surface area contributed by atoms with Crippen LogP contribution in [0.15, 0.2) is 23.2 Å². The molecule has 6 heteroatoms. The van der Waals surface area contributed by atoms with E-state index in [1.54, 1.807) is 0 Å². The molecule has 124 valence electrons. The number of hydrogen-bond donors (Lipinski definition) is 2. The van der Waals surface area contributed by atoms with Crippen LogP contribution in [0.2, 0.25) is 0 Å². The van der Waals surface area contributed by atoms with Crippen molar-refractivity contribution in [2.45, 2.75) is 51.8 Å². The summed E-state index contributed by atoms with van der Waals surface area (Å²) >= 11 is 1.34. The molecule has 0 saturated carbocycles. The summed E-state index contributed by atoms with van der Waals surface area (Å²) in [6.45, 7) is 7.97. The summed E-state index contributed by atoms with van der Waals surface area (Å²) in [5.41, 5.74) is 2.89. The van der Waals surface area contributed by atoms with Gasteiger partial charge in [-0.3, -0.25) is 14.6 Å². The van der Waals surface area contributed by atoms with Crippen LogP contribution in [-0.2, 0) is 9.59 Å². The Morgan fingerprint density at radius 3 is 2.87 bits per heavy atom. The second-order valence-corrected chi connectivity index (χ2v) is 7.05. The highest BCUT2D eigenvalue weighted by Gasteiger charge is 2.32. The van der Waals surface area contributed by atoms with Gasteiger partial charge in [0.25, 0.3) is 0 Å². The molecule has 1 aliphatic rings. The number of anilines is 1. The molecular formula is C17H23N3O2S. The van der Waals surface area contributed by atoms with Crippen molar-refractivity contribution in [2.24, 2.45) is 4.99 Å². The van der Waals surface area contributed by atoms with Crippen LogP contribution in [0.5, 0.6) is 0 Å². The highest BCUT2D eigenvalue weighted by Crippen LogP contribution is 2.24. The van der Waals surface area contributed by atoms with Gasteiger partial charge in [0.05, 0.1) is 0 Å². The fourth-order valence-electron chi connectivity index (χ4n) is 2.13. The van der Waals surface area contributed by atoms with Gasteiger partial charge in [-0.05, 0) is 44.4 Å². The van der Waals surface area contributed by atoms with Gasteiger partial charge in [0.1, 0.15) is 5.25 Å². The van der Waals surface area contributed by atoms with Crippen LogP contribution in [0.1, 0.15) is 37.8 Å². The van der Waals surface area contributed by atoms with E-state index in [4.69, 9.17) is 0 Å². The van der Waals surface area contributed by atoms with Crippen molar-refractivity contribution in [3.63, 3.8) is 0 Å². The third-order valence-electron chi connectivity index (χ3n) is 3.74. The van der Waals surface area contributed by atoms with Crippen molar-refractivity contribution >= 4 is 34.4 Å². The number of carbonyl (C=O) groups excluding carboxylic acids is 2. The van der Waals surface area contributed by atoms with E-state index in [0.29, 0.717) is 5.17 Å². The number of nitrogens with one attached hydrogen (secondary N) is 2.